The zero-order chi connectivity index (χ0) is 41.9. The Morgan fingerprint density at radius 3 is 2.10 bits per heavy atom. The Hall–Kier alpha value is -5.70. The minimum Gasteiger partial charge on any atom is -0.453 e. The molecular weight excluding hydrogens is 765 g/mol. The number of aromatic nitrogens is 4. The maximum atomic E-state index is 14.0. The molecule has 3 aliphatic rings. The topological polar surface area (TPSA) is 175 Å². The maximum Gasteiger partial charge on any atom is 0.407 e. The average Bonchev–Trinajstić information content (AvgIpc) is 3.63. The first-order chi connectivity index (χ1) is 28.2. The predicted molar refractivity (Wildman–Crippen MR) is 228 cm³/mol. The summed E-state index contributed by atoms with van der Waals surface area (Å²) in [6, 6.07) is 18.2. The Morgan fingerprint density at radius 1 is 0.797 bits per heavy atom. The van der Waals surface area contributed by atoms with E-state index in [-0.39, 0.29) is 41.8 Å². The Morgan fingerprint density at radius 2 is 1.44 bits per heavy atom. The Bertz CT molecular complexity index is 2420. The molecule has 3 fully saturated rings. The van der Waals surface area contributed by atoms with Gasteiger partial charge >= 0.3 is 12.2 Å². The van der Waals surface area contributed by atoms with Crippen LogP contribution in [0.5, 0.6) is 0 Å². The van der Waals surface area contributed by atoms with Gasteiger partial charge in [0.1, 0.15) is 23.7 Å². The van der Waals surface area contributed by atoms with Crippen molar-refractivity contribution in [3.05, 3.63) is 72.3 Å². The van der Waals surface area contributed by atoms with Crippen molar-refractivity contribution in [3.8, 4) is 22.5 Å². The van der Waals surface area contributed by atoms with E-state index in [0.29, 0.717) is 12.1 Å². The molecule has 4 N–H and O–H groups in total. The molecule has 2 aromatic heterocycles. The minimum absolute atomic E-state index is 0.0890. The van der Waals surface area contributed by atoms with Crippen molar-refractivity contribution in [2.75, 3.05) is 20.4 Å². The van der Waals surface area contributed by atoms with E-state index in [1.807, 2.05) is 43.7 Å². The summed E-state index contributed by atoms with van der Waals surface area (Å²) in [6.07, 6.45) is 3.13. The first kappa shape index (κ1) is 40.1. The lowest BCUT2D eigenvalue weighted by molar-refractivity contribution is -0.137. The number of carbonyl (C=O) groups is 4. The summed E-state index contributed by atoms with van der Waals surface area (Å²) in [5.41, 5.74) is 5.72. The van der Waals surface area contributed by atoms with E-state index in [1.54, 1.807) is 0 Å². The van der Waals surface area contributed by atoms with Gasteiger partial charge in [0.2, 0.25) is 11.8 Å². The summed E-state index contributed by atoms with van der Waals surface area (Å²) in [4.78, 5) is 72.8. The molecule has 2 saturated heterocycles. The zero-order valence-electron chi connectivity index (χ0n) is 35.0. The third-order valence-electron chi connectivity index (χ3n) is 12.4. The summed E-state index contributed by atoms with van der Waals surface area (Å²) in [6.45, 7) is 12.3. The number of aromatic amines is 2. The van der Waals surface area contributed by atoms with Crippen LogP contribution in [-0.2, 0) is 19.1 Å². The molecule has 8 rings (SSSR count). The number of likely N-dealkylation sites (tertiary alicyclic amines) is 1. The van der Waals surface area contributed by atoms with Crippen molar-refractivity contribution in [1.82, 2.24) is 40.4 Å². The van der Waals surface area contributed by atoms with E-state index in [0.717, 1.165) is 74.7 Å². The summed E-state index contributed by atoms with van der Waals surface area (Å²) in [5, 5.41) is 7.58. The fraction of sp³-hybridized carbons (Fsp3) is 0.455. The van der Waals surface area contributed by atoms with Crippen LogP contribution in [0.1, 0.15) is 64.1 Å². The number of imidazole rings is 2. The number of rotatable bonds is 10. The quantitative estimate of drug-likeness (QED) is 0.106. The number of benzene rings is 3. The van der Waals surface area contributed by atoms with Gasteiger partial charge in [-0.3, -0.25) is 9.59 Å². The number of H-pyrrole nitrogens is 2. The Kier molecular flexibility index (Phi) is 10.5. The molecular formula is C44H54N8O6Si. The third kappa shape index (κ3) is 7.67. The number of ether oxygens (including phenoxy) is 2. The van der Waals surface area contributed by atoms with Gasteiger partial charge in [0.25, 0.3) is 0 Å². The number of hydrogen-bond donors (Lipinski definition) is 4. The van der Waals surface area contributed by atoms with E-state index < -0.39 is 32.3 Å². The van der Waals surface area contributed by atoms with Crippen molar-refractivity contribution < 1.29 is 28.7 Å². The molecule has 310 valence electrons. The fourth-order valence-electron chi connectivity index (χ4n) is 9.16. The predicted octanol–water partition coefficient (Wildman–Crippen LogP) is 7.33. The molecule has 4 heterocycles. The van der Waals surface area contributed by atoms with E-state index >= 15 is 0 Å². The van der Waals surface area contributed by atoms with Gasteiger partial charge in [-0.15, -0.1) is 0 Å². The van der Waals surface area contributed by atoms with Gasteiger partial charge in [-0.2, -0.15) is 0 Å². The standard InChI is InChI=1S/C44H54N8O6Si/c1-23(2)36(49-43(55)57-5)41(53)51-22-59(7,8)21-35(51)40-46-31-16-14-28-17-27(13-15-30(28)38(31)48-40)25-9-11-26(12-10-25)39-45-20-32(47-39)34-19-29-18-33(29)52(34)42(54)37(24(3)4)50-44(56)58-6/h9-17,20,23-24,29,33-37H,18-19,21-22H2,1-8H3,(H,45,47)(H,46,48)(H,49,55)(H,50,56)/t29-,33-,34-,35-,36-,37+/m0/s1. The largest absolute Gasteiger partial charge is 0.453 e. The van der Waals surface area contributed by atoms with Crippen LogP contribution in [0.3, 0.4) is 0 Å². The van der Waals surface area contributed by atoms with Crippen LogP contribution >= 0.6 is 0 Å². The highest BCUT2D eigenvalue weighted by molar-refractivity contribution is 6.78. The highest BCUT2D eigenvalue weighted by Crippen LogP contribution is 2.53. The molecule has 1 saturated carbocycles. The maximum absolute atomic E-state index is 14.0. The summed E-state index contributed by atoms with van der Waals surface area (Å²) in [5.74, 6) is 1.54. The van der Waals surface area contributed by atoms with Crippen LogP contribution in [0, 0.1) is 17.8 Å². The molecule has 59 heavy (non-hydrogen) atoms. The van der Waals surface area contributed by atoms with E-state index in [9.17, 15) is 19.2 Å². The Balaban J connectivity index is 1.00. The number of alkyl carbamates (subject to hydrolysis) is 2. The van der Waals surface area contributed by atoms with Crippen molar-refractivity contribution in [1.29, 1.82) is 0 Å². The molecule has 3 aromatic carbocycles. The van der Waals surface area contributed by atoms with Crippen molar-refractivity contribution in [3.63, 3.8) is 0 Å². The highest BCUT2D eigenvalue weighted by Gasteiger charge is 2.56. The third-order valence-corrected chi connectivity index (χ3v) is 15.1. The molecule has 6 atom stereocenters. The average molecular weight is 819 g/mol. The number of piperidine rings is 1. The van der Waals surface area contributed by atoms with Gasteiger partial charge in [0.05, 0.1) is 57.3 Å². The lowest BCUT2D eigenvalue weighted by Crippen LogP contribution is -2.52. The Labute approximate surface area is 344 Å². The minimum atomic E-state index is -1.77. The molecule has 1 aliphatic carbocycles. The summed E-state index contributed by atoms with van der Waals surface area (Å²) < 4.78 is 9.64. The molecule has 0 radical (unpaired) electrons. The van der Waals surface area contributed by atoms with Gasteiger partial charge in [0.15, 0.2) is 0 Å². The van der Waals surface area contributed by atoms with Gasteiger partial charge in [0, 0.05) is 23.2 Å². The number of nitrogens with zero attached hydrogens (tertiary/aromatic N) is 4. The molecule has 0 bridgehead atoms. The van der Waals surface area contributed by atoms with Crippen molar-refractivity contribution in [2.45, 2.75) is 89.9 Å². The normalized spacial score (nSPS) is 21.8. The molecule has 0 spiro atoms. The van der Waals surface area contributed by atoms with E-state index in [4.69, 9.17) is 19.4 Å². The lowest BCUT2D eigenvalue weighted by Gasteiger charge is -2.32. The second kappa shape index (κ2) is 15.5. The number of methoxy groups -OCH3 is 2. The van der Waals surface area contributed by atoms with Crippen molar-refractivity contribution >= 4 is 53.9 Å². The van der Waals surface area contributed by atoms with Gasteiger partial charge in [-0.25, -0.2) is 19.6 Å². The van der Waals surface area contributed by atoms with Gasteiger partial charge in [-0.05, 0) is 65.3 Å². The number of nitrogens with one attached hydrogen (secondary N) is 4. The van der Waals surface area contributed by atoms with Crippen molar-refractivity contribution in [2.24, 2.45) is 17.8 Å². The molecule has 0 unspecified atom stereocenters. The molecule has 14 nitrogen and oxygen atoms in total. The summed E-state index contributed by atoms with van der Waals surface area (Å²) >= 11 is 0. The first-order valence-electron chi connectivity index (χ1n) is 20.6. The number of amides is 4. The van der Waals surface area contributed by atoms with Crippen LogP contribution in [0.4, 0.5) is 9.59 Å². The SMILES string of the molecule is COC(=O)N[C@H](C(=O)N1C[Si](C)(C)C[C@H]1c1nc2c(ccc3cc(-c4ccc(-c5ncc([C@@H]6C[C@@H]7C[C@@H]7N6C(=O)[C@H](NC(=O)OC)C(C)C)[nH]5)cc4)ccc32)[nH]1)C(C)C. The van der Waals surface area contributed by atoms with Crippen LogP contribution < -0.4 is 10.6 Å². The first-order valence-corrected chi connectivity index (χ1v) is 24.0. The number of hydrogen-bond acceptors (Lipinski definition) is 8. The fourth-order valence-corrected chi connectivity index (χ4v) is 12.1. The van der Waals surface area contributed by atoms with Crippen LogP contribution in [-0.4, -0.2) is 100 Å². The number of carbonyl (C=O) groups excluding carboxylic acids is 4. The lowest BCUT2D eigenvalue weighted by atomic mass is 9.99. The molecule has 2 aliphatic heterocycles. The smallest absolute Gasteiger partial charge is 0.407 e. The van der Waals surface area contributed by atoms with E-state index in [2.05, 4.69) is 88.3 Å². The van der Waals surface area contributed by atoms with Gasteiger partial charge < -0.3 is 39.9 Å². The molecule has 4 amide bonds. The van der Waals surface area contributed by atoms with Crippen LogP contribution in [0.15, 0.2) is 60.8 Å². The molecule has 5 aromatic rings. The summed E-state index contributed by atoms with van der Waals surface area (Å²) in [7, 11) is 0.833. The highest BCUT2D eigenvalue weighted by atomic mass is 28.3. The number of fused-ring (bicyclic) bond motifs is 4. The second-order valence-electron chi connectivity index (χ2n) is 17.9. The van der Waals surface area contributed by atoms with Gasteiger partial charge in [-0.1, -0.05) is 83.3 Å². The van der Waals surface area contributed by atoms with E-state index in [1.165, 1.54) is 14.2 Å². The second-order valence-corrected chi connectivity index (χ2v) is 23.0. The van der Waals surface area contributed by atoms with Crippen LogP contribution in [0.25, 0.3) is 44.3 Å². The zero-order valence-corrected chi connectivity index (χ0v) is 36.0. The monoisotopic (exact) mass is 818 g/mol. The molecule has 15 heteroatoms. The van der Waals surface area contributed by atoms with Crippen LogP contribution in [0.2, 0.25) is 19.1 Å².